The molecule has 2 atom stereocenters. The SMILES string of the molecule is O=C(OCc1ccccc1)N1C2C=C(c3ccc(F)cn3)CC1COC2. The fourth-order valence-electron chi connectivity index (χ4n) is 3.43. The lowest BCUT2D eigenvalue weighted by Gasteiger charge is -2.43. The molecule has 1 fully saturated rings. The summed E-state index contributed by atoms with van der Waals surface area (Å²) < 4.78 is 24.2. The maximum atomic E-state index is 13.1. The number of rotatable bonds is 3. The Morgan fingerprint density at radius 3 is 2.81 bits per heavy atom. The molecule has 0 radical (unpaired) electrons. The number of aromatic nitrogens is 1. The van der Waals surface area contributed by atoms with Gasteiger partial charge >= 0.3 is 6.09 Å². The zero-order valence-electron chi connectivity index (χ0n) is 14.2. The first kappa shape index (κ1) is 16.7. The van der Waals surface area contributed by atoms with Gasteiger partial charge in [0.1, 0.15) is 12.4 Å². The topological polar surface area (TPSA) is 51.7 Å². The lowest BCUT2D eigenvalue weighted by Crippen LogP contribution is -2.56. The highest BCUT2D eigenvalue weighted by molar-refractivity contribution is 5.73. The van der Waals surface area contributed by atoms with Crippen molar-refractivity contribution in [1.29, 1.82) is 0 Å². The second-order valence-electron chi connectivity index (χ2n) is 6.46. The van der Waals surface area contributed by atoms with Crippen LogP contribution in [-0.2, 0) is 16.1 Å². The van der Waals surface area contributed by atoms with Gasteiger partial charge in [-0.05, 0) is 29.7 Å². The number of benzene rings is 1. The lowest BCUT2D eigenvalue weighted by atomic mass is 9.92. The summed E-state index contributed by atoms with van der Waals surface area (Å²) in [6.07, 6.45) is 3.45. The van der Waals surface area contributed by atoms with Crippen LogP contribution in [0.1, 0.15) is 17.7 Å². The van der Waals surface area contributed by atoms with Crippen molar-refractivity contribution in [1.82, 2.24) is 9.88 Å². The van der Waals surface area contributed by atoms with Crippen molar-refractivity contribution in [2.24, 2.45) is 0 Å². The monoisotopic (exact) mass is 354 g/mol. The Morgan fingerprint density at radius 2 is 2.08 bits per heavy atom. The van der Waals surface area contributed by atoms with E-state index in [-0.39, 0.29) is 30.6 Å². The van der Waals surface area contributed by atoms with E-state index in [1.165, 1.54) is 12.3 Å². The molecule has 134 valence electrons. The summed E-state index contributed by atoms with van der Waals surface area (Å²) in [4.78, 5) is 18.5. The average molecular weight is 354 g/mol. The van der Waals surface area contributed by atoms with Gasteiger partial charge in [0.25, 0.3) is 0 Å². The van der Waals surface area contributed by atoms with E-state index in [4.69, 9.17) is 9.47 Å². The number of fused-ring (bicyclic) bond motifs is 2. The molecule has 2 aromatic rings. The van der Waals surface area contributed by atoms with Gasteiger partial charge in [0.15, 0.2) is 0 Å². The Morgan fingerprint density at radius 1 is 1.23 bits per heavy atom. The van der Waals surface area contributed by atoms with Gasteiger partial charge in [0.2, 0.25) is 0 Å². The molecule has 4 rings (SSSR count). The van der Waals surface area contributed by atoms with Gasteiger partial charge in [-0.3, -0.25) is 9.88 Å². The standard InChI is InChI=1S/C20H19FN2O3/c21-16-6-7-19(22-10-16)15-8-17-12-25-13-18(9-15)23(17)20(24)26-11-14-4-2-1-3-5-14/h1-8,10,17-18H,9,11-13H2. The van der Waals surface area contributed by atoms with Crippen molar-refractivity contribution >= 4 is 11.7 Å². The maximum absolute atomic E-state index is 13.1. The second kappa shape index (κ2) is 7.25. The summed E-state index contributed by atoms with van der Waals surface area (Å²) in [7, 11) is 0. The van der Waals surface area contributed by atoms with Crippen LogP contribution >= 0.6 is 0 Å². The Labute approximate surface area is 151 Å². The third-order valence-corrected chi connectivity index (χ3v) is 4.67. The Kier molecular flexibility index (Phi) is 4.67. The predicted octanol–water partition coefficient (Wildman–Crippen LogP) is 3.41. The van der Waals surface area contributed by atoms with Crippen LogP contribution in [0.4, 0.5) is 9.18 Å². The molecule has 2 unspecified atom stereocenters. The van der Waals surface area contributed by atoms with E-state index in [0.717, 1.165) is 16.8 Å². The molecule has 6 heteroatoms. The van der Waals surface area contributed by atoms with Crippen LogP contribution in [0.3, 0.4) is 0 Å². The van der Waals surface area contributed by atoms with Crippen LogP contribution in [-0.4, -0.2) is 41.3 Å². The van der Waals surface area contributed by atoms with E-state index in [9.17, 15) is 9.18 Å². The molecule has 26 heavy (non-hydrogen) atoms. The highest BCUT2D eigenvalue weighted by atomic mass is 19.1. The first-order valence-corrected chi connectivity index (χ1v) is 8.60. The van der Waals surface area contributed by atoms with Crippen LogP contribution in [0.15, 0.2) is 54.7 Å². The summed E-state index contributed by atoms with van der Waals surface area (Å²) in [5.41, 5.74) is 2.70. The minimum atomic E-state index is -0.361. The Hall–Kier alpha value is -2.73. The summed E-state index contributed by atoms with van der Waals surface area (Å²) >= 11 is 0. The molecule has 2 aliphatic heterocycles. The number of ether oxygens (including phenoxy) is 2. The van der Waals surface area contributed by atoms with Gasteiger partial charge in [-0.15, -0.1) is 0 Å². The number of hydrogen-bond acceptors (Lipinski definition) is 4. The predicted molar refractivity (Wildman–Crippen MR) is 93.7 cm³/mol. The highest BCUT2D eigenvalue weighted by Crippen LogP contribution is 2.32. The fourth-order valence-corrected chi connectivity index (χ4v) is 3.43. The number of hydrogen-bond donors (Lipinski definition) is 0. The highest BCUT2D eigenvalue weighted by Gasteiger charge is 2.39. The second-order valence-corrected chi connectivity index (χ2v) is 6.46. The fraction of sp³-hybridized carbons (Fsp3) is 0.300. The smallest absolute Gasteiger partial charge is 0.411 e. The molecule has 2 bridgehead atoms. The van der Waals surface area contributed by atoms with Gasteiger partial charge in [0.05, 0.1) is 37.2 Å². The van der Waals surface area contributed by atoms with E-state index >= 15 is 0 Å². The molecule has 0 N–H and O–H groups in total. The molecule has 1 amide bonds. The molecule has 5 nitrogen and oxygen atoms in total. The number of amides is 1. The zero-order valence-corrected chi connectivity index (χ0v) is 14.2. The zero-order chi connectivity index (χ0) is 17.9. The van der Waals surface area contributed by atoms with Crippen molar-refractivity contribution in [3.8, 4) is 0 Å². The van der Waals surface area contributed by atoms with Gasteiger partial charge in [-0.1, -0.05) is 36.4 Å². The van der Waals surface area contributed by atoms with Crippen LogP contribution < -0.4 is 0 Å². The number of morpholine rings is 1. The molecule has 3 heterocycles. The number of pyridine rings is 1. The minimum Gasteiger partial charge on any atom is -0.445 e. The molecule has 0 saturated carbocycles. The van der Waals surface area contributed by atoms with E-state index < -0.39 is 0 Å². The van der Waals surface area contributed by atoms with E-state index in [1.807, 2.05) is 36.4 Å². The number of carbonyl (C=O) groups is 1. The number of halogens is 1. The summed E-state index contributed by atoms with van der Waals surface area (Å²) in [5, 5.41) is 0. The van der Waals surface area contributed by atoms with E-state index in [2.05, 4.69) is 4.98 Å². The molecular formula is C20H19FN2O3. The van der Waals surface area contributed by atoms with Crippen LogP contribution in [0, 0.1) is 5.82 Å². The lowest BCUT2D eigenvalue weighted by molar-refractivity contribution is -0.0342. The third-order valence-electron chi connectivity index (χ3n) is 4.67. The first-order chi connectivity index (χ1) is 12.7. The molecule has 0 spiro atoms. The summed E-state index contributed by atoms with van der Waals surface area (Å²) in [6, 6.07) is 12.4. The average Bonchev–Trinajstić information content (AvgIpc) is 2.66. The molecule has 0 aliphatic carbocycles. The van der Waals surface area contributed by atoms with Crippen molar-refractivity contribution in [2.75, 3.05) is 13.2 Å². The summed E-state index contributed by atoms with van der Waals surface area (Å²) in [5.74, 6) is -0.361. The van der Waals surface area contributed by atoms with E-state index in [1.54, 1.807) is 11.0 Å². The van der Waals surface area contributed by atoms with Crippen molar-refractivity contribution < 1.29 is 18.7 Å². The number of nitrogens with zero attached hydrogens (tertiary/aromatic N) is 2. The molecule has 2 aliphatic rings. The van der Waals surface area contributed by atoms with Crippen LogP contribution in [0.2, 0.25) is 0 Å². The molecule has 1 saturated heterocycles. The first-order valence-electron chi connectivity index (χ1n) is 8.60. The van der Waals surface area contributed by atoms with Gasteiger partial charge in [-0.2, -0.15) is 0 Å². The van der Waals surface area contributed by atoms with Gasteiger partial charge in [-0.25, -0.2) is 9.18 Å². The summed E-state index contributed by atoms with van der Waals surface area (Å²) in [6.45, 7) is 1.11. The Bertz CT molecular complexity index is 808. The van der Waals surface area contributed by atoms with E-state index in [0.29, 0.717) is 19.6 Å². The van der Waals surface area contributed by atoms with Crippen LogP contribution in [0.5, 0.6) is 0 Å². The normalized spacial score (nSPS) is 21.9. The maximum Gasteiger partial charge on any atom is 0.411 e. The van der Waals surface area contributed by atoms with Crippen LogP contribution in [0.25, 0.3) is 5.57 Å². The number of carbonyl (C=O) groups excluding carboxylic acids is 1. The van der Waals surface area contributed by atoms with Crippen molar-refractivity contribution in [2.45, 2.75) is 25.1 Å². The Balaban J connectivity index is 1.49. The third kappa shape index (κ3) is 3.46. The van der Waals surface area contributed by atoms with Gasteiger partial charge in [0, 0.05) is 0 Å². The minimum absolute atomic E-state index is 0.108. The molecule has 1 aromatic carbocycles. The van der Waals surface area contributed by atoms with Crippen molar-refractivity contribution in [3.05, 3.63) is 71.8 Å². The quantitative estimate of drug-likeness (QED) is 0.848. The molecular weight excluding hydrogens is 335 g/mol. The van der Waals surface area contributed by atoms with Crippen molar-refractivity contribution in [3.63, 3.8) is 0 Å². The molecule has 1 aromatic heterocycles. The van der Waals surface area contributed by atoms with Gasteiger partial charge < -0.3 is 9.47 Å². The largest absolute Gasteiger partial charge is 0.445 e.